The molecule has 0 radical (unpaired) electrons. The van der Waals surface area contributed by atoms with E-state index >= 15 is 0 Å². The van der Waals surface area contributed by atoms with Gasteiger partial charge in [-0.25, -0.2) is 0 Å². The molecule has 4 nitrogen and oxygen atoms in total. The molecule has 0 aliphatic rings. The molecule has 6 heteroatoms. The third kappa shape index (κ3) is 4.30. The monoisotopic (exact) mass is 386 g/mol. The fourth-order valence-electron chi connectivity index (χ4n) is 1.96. The lowest BCUT2D eigenvalue weighted by Gasteiger charge is -2.02. The summed E-state index contributed by atoms with van der Waals surface area (Å²) in [5, 5.41) is 13.6. The second-order valence-corrected chi connectivity index (χ2v) is 6.77. The number of rotatable bonds is 5. The van der Waals surface area contributed by atoms with E-state index in [4.69, 9.17) is 0 Å². The Morgan fingerprint density at radius 1 is 1.09 bits per heavy atom. The van der Waals surface area contributed by atoms with Crippen LogP contribution in [0.1, 0.15) is 17.0 Å². The van der Waals surface area contributed by atoms with Crippen molar-refractivity contribution in [1.82, 2.24) is 14.9 Å². The van der Waals surface area contributed by atoms with Gasteiger partial charge in [-0.2, -0.15) is 9.78 Å². The first-order valence-corrected chi connectivity index (χ1v) is 8.89. The van der Waals surface area contributed by atoms with Crippen LogP contribution < -0.4 is 0 Å². The van der Waals surface area contributed by atoms with E-state index in [1.54, 1.807) is 16.4 Å². The summed E-state index contributed by atoms with van der Waals surface area (Å²) in [6.07, 6.45) is 1.81. The van der Waals surface area contributed by atoms with Gasteiger partial charge in [0.2, 0.25) is 5.16 Å². The quantitative estimate of drug-likeness (QED) is 0.478. The van der Waals surface area contributed by atoms with Crippen molar-refractivity contribution >= 4 is 33.9 Å². The number of hydrogen-bond donors (Lipinski definition) is 0. The van der Waals surface area contributed by atoms with Crippen molar-refractivity contribution in [3.05, 3.63) is 76.0 Å². The molecule has 0 bridgehead atoms. The number of halogens is 1. The van der Waals surface area contributed by atoms with Gasteiger partial charge in [-0.05, 0) is 30.2 Å². The SMILES string of the molecule is Cc1nnc(SCc2ccccc2)n1/N=C/c1ccc(Br)cc1. The van der Waals surface area contributed by atoms with Crippen LogP contribution in [-0.2, 0) is 5.75 Å². The maximum atomic E-state index is 4.51. The van der Waals surface area contributed by atoms with Crippen molar-refractivity contribution in [1.29, 1.82) is 0 Å². The molecule has 0 amide bonds. The highest BCUT2D eigenvalue weighted by molar-refractivity contribution is 9.10. The summed E-state index contributed by atoms with van der Waals surface area (Å²) in [6.45, 7) is 1.90. The smallest absolute Gasteiger partial charge is 0.192 e. The minimum absolute atomic E-state index is 0.772. The van der Waals surface area contributed by atoms with E-state index in [1.165, 1.54) is 5.56 Å². The largest absolute Gasteiger partial charge is 0.212 e. The number of aryl methyl sites for hydroxylation is 1. The van der Waals surface area contributed by atoms with Gasteiger partial charge in [0, 0.05) is 10.2 Å². The lowest BCUT2D eigenvalue weighted by molar-refractivity contribution is 0.744. The highest BCUT2D eigenvalue weighted by Crippen LogP contribution is 2.21. The molecule has 0 spiro atoms. The standard InChI is InChI=1S/C17H15BrN4S/c1-13-20-21-17(23-12-15-5-3-2-4-6-15)22(13)19-11-14-7-9-16(18)10-8-14/h2-11H,12H2,1H3/b19-11+. The summed E-state index contributed by atoms with van der Waals surface area (Å²) in [5.41, 5.74) is 2.28. The van der Waals surface area contributed by atoms with Crippen LogP contribution in [0.3, 0.4) is 0 Å². The molecule has 0 N–H and O–H groups in total. The van der Waals surface area contributed by atoms with E-state index in [0.717, 1.165) is 26.8 Å². The molecule has 0 aliphatic carbocycles. The number of hydrogen-bond acceptors (Lipinski definition) is 4. The predicted octanol–water partition coefficient (Wildman–Crippen LogP) is 4.52. The first kappa shape index (κ1) is 16.0. The van der Waals surface area contributed by atoms with E-state index in [-0.39, 0.29) is 0 Å². The zero-order valence-electron chi connectivity index (χ0n) is 12.6. The molecule has 0 saturated heterocycles. The molecule has 0 saturated carbocycles. The van der Waals surface area contributed by atoms with Crippen LogP contribution in [0.15, 0.2) is 69.3 Å². The van der Waals surface area contributed by atoms with Crippen LogP contribution in [0.25, 0.3) is 0 Å². The summed E-state index contributed by atoms with van der Waals surface area (Å²) < 4.78 is 2.82. The topological polar surface area (TPSA) is 43.1 Å². The number of nitrogens with zero attached hydrogens (tertiary/aromatic N) is 4. The average Bonchev–Trinajstić information content (AvgIpc) is 2.93. The normalized spacial score (nSPS) is 11.2. The van der Waals surface area contributed by atoms with Crippen molar-refractivity contribution in [3.8, 4) is 0 Å². The molecule has 3 aromatic rings. The van der Waals surface area contributed by atoms with Crippen LogP contribution in [-0.4, -0.2) is 21.1 Å². The summed E-state index contributed by atoms with van der Waals surface area (Å²) in [4.78, 5) is 0. The molecular weight excluding hydrogens is 372 g/mol. The second kappa shape index (κ2) is 7.57. The molecule has 1 heterocycles. The Kier molecular flexibility index (Phi) is 5.25. The van der Waals surface area contributed by atoms with E-state index in [9.17, 15) is 0 Å². The van der Waals surface area contributed by atoms with Crippen LogP contribution >= 0.6 is 27.7 Å². The van der Waals surface area contributed by atoms with Crippen molar-refractivity contribution < 1.29 is 0 Å². The molecule has 0 atom stereocenters. The number of aromatic nitrogens is 3. The maximum absolute atomic E-state index is 4.51. The van der Waals surface area contributed by atoms with E-state index in [1.807, 2.05) is 55.6 Å². The zero-order valence-corrected chi connectivity index (χ0v) is 15.0. The van der Waals surface area contributed by atoms with Gasteiger partial charge in [-0.15, -0.1) is 10.2 Å². The zero-order chi connectivity index (χ0) is 16.1. The summed E-state index contributed by atoms with van der Waals surface area (Å²) in [6, 6.07) is 18.3. The van der Waals surface area contributed by atoms with Crippen LogP contribution in [0, 0.1) is 6.92 Å². The van der Waals surface area contributed by atoms with Crippen molar-refractivity contribution in [2.75, 3.05) is 0 Å². The van der Waals surface area contributed by atoms with Crippen molar-refractivity contribution in [2.45, 2.75) is 17.8 Å². The molecule has 23 heavy (non-hydrogen) atoms. The molecular formula is C17H15BrN4S. The van der Waals surface area contributed by atoms with E-state index < -0.39 is 0 Å². The van der Waals surface area contributed by atoms with Crippen LogP contribution in [0.5, 0.6) is 0 Å². The van der Waals surface area contributed by atoms with Gasteiger partial charge in [-0.1, -0.05) is 70.2 Å². The van der Waals surface area contributed by atoms with Gasteiger partial charge in [0.15, 0.2) is 5.82 Å². The molecule has 2 aromatic carbocycles. The Hall–Kier alpha value is -1.92. The first-order chi connectivity index (χ1) is 11.2. The second-order valence-electron chi connectivity index (χ2n) is 4.91. The van der Waals surface area contributed by atoms with Gasteiger partial charge in [0.1, 0.15) is 0 Å². The summed E-state index contributed by atoms with van der Waals surface area (Å²) in [5.74, 6) is 1.61. The Bertz CT molecular complexity index is 797. The van der Waals surface area contributed by atoms with Gasteiger partial charge >= 0.3 is 0 Å². The van der Waals surface area contributed by atoms with Gasteiger partial charge in [0.05, 0.1) is 6.21 Å². The van der Waals surface area contributed by atoms with Gasteiger partial charge < -0.3 is 0 Å². The number of thioether (sulfide) groups is 1. The third-order valence-corrected chi connectivity index (χ3v) is 4.69. The highest BCUT2D eigenvalue weighted by atomic mass is 79.9. The summed E-state index contributed by atoms with van der Waals surface area (Å²) >= 11 is 5.05. The summed E-state index contributed by atoms with van der Waals surface area (Å²) in [7, 11) is 0. The fourth-order valence-corrected chi connectivity index (χ4v) is 3.11. The van der Waals surface area contributed by atoms with Crippen molar-refractivity contribution in [3.63, 3.8) is 0 Å². The van der Waals surface area contributed by atoms with Gasteiger partial charge in [0.25, 0.3) is 0 Å². The first-order valence-electron chi connectivity index (χ1n) is 7.11. The van der Waals surface area contributed by atoms with Crippen molar-refractivity contribution in [2.24, 2.45) is 5.10 Å². The van der Waals surface area contributed by atoms with Crippen LogP contribution in [0.4, 0.5) is 0 Å². The molecule has 1 aromatic heterocycles. The molecule has 0 fully saturated rings. The minimum Gasteiger partial charge on any atom is -0.192 e. The Labute approximate surface area is 147 Å². The van der Waals surface area contributed by atoms with Gasteiger partial charge in [-0.3, -0.25) is 0 Å². The van der Waals surface area contributed by atoms with E-state index in [2.05, 4.69) is 43.4 Å². The highest BCUT2D eigenvalue weighted by Gasteiger charge is 2.08. The predicted molar refractivity (Wildman–Crippen MR) is 97.9 cm³/mol. The molecule has 116 valence electrons. The molecule has 0 aliphatic heterocycles. The maximum Gasteiger partial charge on any atom is 0.212 e. The lowest BCUT2D eigenvalue weighted by Crippen LogP contribution is -1.96. The third-order valence-electron chi connectivity index (χ3n) is 3.17. The lowest BCUT2D eigenvalue weighted by atomic mass is 10.2. The van der Waals surface area contributed by atoms with E-state index in [0.29, 0.717) is 0 Å². The van der Waals surface area contributed by atoms with Crippen LogP contribution in [0.2, 0.25) is 0 Å². The Morgan fingerprint density at radius 2 is 1.83 bits per heavy atom. The molecule has 0 unspecified atom stereocenters. The Balaban J connectivity index is 1.74. The average molecular weight is 387 g/mol. The molecule has 3 rings (SSSR count). The Morgan fingerprint density at radius 3 is 2.57 bits per heavy atom. The number of benzene rings is 2. The minimum atomic E-state index is 0.772. The fraction of sp³-hybridized carbons (Fsp3) is 0.118.